The summed E-state index contributed by atoms with van der Waals surface area (Å²) in [5, 5.41) is 13.9. The van der Waals surface area contributed by atoms with Crippen LogP contribution in [-0.2, 0) is 4.79 Å². The molecular formula is C19H17F3N2O4. The summed E-state index contributed by atoms with van der Waals surface area (Å²) in [7, 11) is 0. The number of halogens is 3. The zero-order valence-electron chi connectivity index (χ0n) is 14.7. The number of alkyl halides is 3. The lowest BCUT2D eigenvalue weighted by Gasteiger charge is -2.44. The van der Waals surface area contributed by atoms with Gasteiger partial charge in [0, 0.05) is 0 Å². The number of amides is 2. The Morgan fingerprint density at radius 2 is 1.75 bits per heavy atom. The summed E-state index contributed by atoms with van der Waals surface area (Å²) in [5.41, 5.74) is -3.51. The fraction of sp³-hybridized carbons (Fsp3) is 0.263. The molecule has 1 heterocycles. The Morgan fingerprint density at radius 3 is 2.36 bits per heavy atom. The second kappa shape index (κ2) is 7.16. The summed E-state index contributed by atoms with van der Waals surface area (Å²) in [4.78, 5) is 23.9. The average Bonchev–Trinajstić information content (AvgIpc) is 2.61. The number of aliphatic hydroxyl groups is 1. The first-order valence-corrected chi connectivity index (χ1v) is 8.33. The van der Waals surface area contributed by atoms with Gasteiger partial charge in [-0.2, -0.15) is 13.2 Å². The van der Waals surface area contributed by atoms with E-state index in [1.165, 1.54) is 23.5 Å². The Morgan fingerprint density at radius 1 is 1.11 bits per heavy atom. The molecule has 28 heavy (non-hydrogen) atoms. The van der Waals surface area contributed by atoms with Crippen molar-refractivity contribution in [2.24, 2.45) is 5.92 Å². The van der Waals surface area contributed by atoms with Crippen LogP contribution in [0.4, 0.5) is 18.0 Å². The fourth-order valence-corrected chi connectivity index (χ4v) is 3.20. The largest absolute Gasteiger partial charge is 0.457 e. The van der Waals surface area contributed by atoms with E-state index in [0.29, 0.717) is 11.5 Å². The van der Waals surface area contributed by atoms with Gasteiger partial charge in [0.1, 0.15) is 17.3 Å². The van der Waals surface area contributed by atoms with Gasteiger partial charge in [-0.15, -0.1) is 0 Å². The zero-order chi connectivity index (χ0) is 20.5. The quantitative estimate of drug-likeness (QED) is 0.743. The molecule has 9 heteroatoms. The molecule has 1 aliphatic heterocycles. The van der Waals surface area contributed by atoms with E-state index in [1.807, 2.05) is 0 Å². The summed E-state index contributed by atoms with van der Waals surface area (Å²) in [6.45, 7) is 0.928. The Kier molecular flexibility index (Phi) is 5.03. The Bertz CT molecular complexity index is 888. The van der Waals surface area contributed by atoms with Gasteiger partial charge in [0.25, 0.3) is 0 Å². The number of ketones is 1. The molecule has 6 nitrogen and oxygen atoms in total. The molecule has 1 saturated heterocycles. The van der Waals surface area contributed by atoms with Gasteiger partial charge in [-0.05, 0) is 36.8 Å². The summed E-state index contributed by atoms with van der Waals surface area (Å²) < 4.78 is 46.1. The molecule has 0 radical (unpaired) electrons. The van der Waals surface area contributed by atoms with Crippen LogP contribution in [0.25, 0.3) is 0 Å². The Labute approximate surface area is 158 Å². The van der Waals surface area contributed by atoms with E-state index in [1.54, 1.807) is 36.4 Å². The number of hydrogen-bond donors (Lipinski definition) is 3. The number of carbonyl (C=O) groups excluding carboxylic acids is 2. The maximum Gasteiger partial charge on any atom is 0.437 e. The van der Waals surface area contributed by atoms with Crippen molar-refractivity contribution in [2.45, 2.75) is 24.9 Å². The van der Waals surface area contributed by atoms with Gasteiger partial charge in [-0.3, -0.25) is 4.79 Å². The van der Waals surface area contributed by atoms with Gasteiger partial charge in [0.2, 0.25) is 5.72 Å². The molecule has 3 atom stereocenters. The van der Waals surface area contributed by atoms with Gasteiger partial charge in [-0.25, -0.2) is 4.79 Å². The Hall–Kier alpha value is -3.07. The maximum atomic E-state index is 13.5. The topological polar surface area (TPSA) is 87.7 Å². The number of nitrogens with one attached hydrogen (secondary N) is 2. The number of ether oxygens (including phenoxy) is 1. The average molecular weight is 394 g/mol. The van der Waals surface area contributed by atoms with Crippen LogP contribution < -0.4 is 15.4 Å². The molecule has 0 unspecified atom stereocenters. The van der Waals surface area contributed by atoms with Gasteiger partial charge in [0.15, 0.2) is 0 Å². The number of carbonyl (C=O) groups is 2. The molecule has 3 N–H and O–H groups in total. The van der Waals surface area contributed by atoms with E-state index >= 15 is 0 Å². The highest BCUT2D eigenvalue weighted by Crippen LogP contribution is 2.43. The highest BCUT2D eigenvalue weighted by atomic mass is 19.4. The van der Waals surface area contributed by atoms with Crippen molar-refractivity contribution >= 4 is 11.8 Å². The normalized spacial score (nSPS) is 24.8. The monoisotopic (exact) mass is 394 g/mol. The van der Waals surface area contributed by atoms with Crippen molar-refractivity contribution in [1.29, 1.82) is 0 Å². The molecule has 0 bridgehead atoms. The van der Waals surface area contributed by atoms with E-state index < -0.39 is 35.7 Å². The number of benzene rings is 2. The van der Waals surface area contributed by atoms with Crippen LogP contribution >= 0.6 is 0 Å². The highest BCUT2D eigenvalue weighted by molar-refractivity contribution is 5.86. The minimum Gasteiger partial charge on any atom is -0.457 e. The molecule has 3 rings (SSSR count). The van der Waals surface area contributed by atoms with Gasteiger partial charge >= 0.3 is 12.2 Å². The van der Waals surface area contributed by atoms with Crippen LogP contribution in [0.3, 0.4) is 0 Å². The predicted octanol–water partition coefficient (Wildman–Crippen LogP) is 3.29. The molecule has 2 aromatic carbocycles. The van der Waals surface area contributed by atoms with Crippen molar-refractivity contribution in [3.05, 3.63) is 60.2 Å². The third-order valence-corrected chi connectivity index (χ3v) is 4.44. The first kappa shape index (κ1) is 19.7. The Balaban J connectivity index is 2.00. The molecule has 0 spiro atoms. The number of hydrogen-bond acceptors (Lipinski definition) is 4. The predicted molar refractivity (Wildman–Crippen MR) is 92.5 cm³/mol. The van der Waals surface area contributed by atoms with E-state index in [9.17, 15) is 27.9 Å². The van der Waals surface area contributed by atoms with Crippen molar-refractivity contribution < 1.29 is 32.6 Å². The van der Waals surface area contributed by atoms with Crippen LogP contribution in [-0.4, -0.2) is 28.8 Å². The lowest BCUT2D eigenvalue weighted by Crippen LogP contribution is -2.72. The minimum atomic E-state index is -5.25. The van der Waals surface area contributed by atoms with Crippen LogP contribution in [0, 0.1) is 5.92 Å². The standard InChI is InChI=1S/C19H17F3N2O4/c1-11(25)15-16(23-17(26)24-18(15,27)19(20,21)22)12-6-5-9-14(10-12)28-13-7-3-2-4-8-13/h2-10,15-16,27H,1H3,(H2,23,24,26)/t15-,16+,18+/m0/s1. The summed E-state index contributed by atoms with van der Waals surface area (Å²) in [6, 6.07) is 12.0. The first-order valence-electron chi connectivity index (χ1n) is 8.33. The maximum absolute atomic E-state index is 13.5. The third kappa shape index (κ3) is 3.65. The van der Waals surface area contributed by atoms with E-state index in [0.717, 1.165) is 6.92 Å². The summed E-state index contributed by atoms with van der Waals surface area (Å²) in [5.74, 6) is -2.12. The van der Waals surface area contributed by atoms with Crippen molar-refractivity contribution in [3.63, 3.8) is 0 Å². The van der Waals surface area contributed by atoms with E-state index in [-0.39, 0.29) is 5.56 Å². The van der Waals surface area contributed by atoms with Crippen molar-refractivity contribution in [1.82, 2.24) is 10.6 Å². The molecule has 0 saturated carbocycles. The number of urea groups is 1. The van der Waals surface area contributed by atoms with Gasteiger partial charge in [0.05, 0.1) is 12.0 Å². The molecular weight excluding hydrogens is 377 g/mol. The number of Topliss-reactive ketones (excluding diaryl/α,β-unsaturated/α-hetero) is 1. The molecule has 2 amide bonds. The second-order valence-corrected chi connectivity index (χ2v) is 6.42. The molecule has 0 aliphatic carbocycles. The van der Waals surface area contributed by atoms with Crippen LogP contribution in [0.5, 0.6) is 11.5 Å². The molecule has 1 aliphatic rings. The van der Waals surface area contributed by atoms with Crippen molar-refractivity contribution in [2.75, 3.05) is 0 Å². The lowest BCUT2D eigenvalue weighted by molar-refractivity contribution is -0.290. The molecule has 0 aromatic heterocycles. The summed E-state index contributed by atoms with van der Waals surface area (Å²) >= 11 is 0. The van der Waals surface area contributed by atoms with Gasteiger partial charge < -0.3 is 20.5 Å². The molecule has 2 aromatic rings. The fourth-order valence-electron chi connectivity index (χ4n) is 3.20. The first-order chi connectivity index (χ1) is 13.1. The minimum absolute atomic E-state index is 0.186. The smallest absolute Gasteiger partial charge is 0.437 e. The highest BCUT2D eigenvalue weighted by Gasteiger charge is 2.65. The van der Waals surface area contributed by atoms with E-state index in [4.69, 9.17) is 4.74 Å². The number of para-hydroxylation sites is 1. The lowest BCUT2D eigenvalue weighted by atomic mass is 9.79. The van der Waals surface area contributed by atoms with Crippen LogP contribution in [0.15, 0.2) is 54.6 Å². The number of rotatable bonds is 4. The third-order valence-electron chi connectivity index (χ3n) is 4.44. The molecule has 148 valence electrons. The second-order valence-electron chi connectivity index (χ2n) is 6.42. The SMILES string of the molecule is CC(=O)[C@H]1[C@@H](c2cccc(Oc3ccccc3)c2)NC(=O)N[C@]1(O)C(F)(F)F. The van der Waals surface area contributed by atoms with Crippen molar-refractivity contribution in [3.8, 4) is 11.5 Å². The molecule has 1 fully saturated rings. The van der Waals surface area contributed by atoms with Crippen LogP contribution in [0.2, 0.25) is 0 Å². The van der Waals surface area contributed by atoms with Gasteiger partial charge in [-0.1, -0.05) is 30.3 Å². The van der Waals surface area contributed by atoms with Crippen LogP contribution in [0.1, 0.15) is 18.5 Å². The summed E-state index contributed by atoms with van der Waals surface area (Å²) in [6.07, 6.45) is -5.25. The zero-order valence-corrected chi connectivity index (χ0v) is 14.7. The van der Waals surface area contributed by atoms with E-state index in [2.05, 4.69) is 5.32 Å².